The van der Waals surface area contributed by atoms with Crippen molar-refractivity contribution in [3.8, 4) is 0 Å². The van der Waals surface area contributed by atoms with Crippen LogP contribution >= 0.6 is 0 Å². The van der Waals surface area contributed by atoms with Gasteiger partial charge in [-0.25, -0.2) is 0 Å². The summed E-state index contributed by atoms with van der Waals surface area (Å²) in [7, 11) is 0. The number of aryl methyl sites for hydroxylation is 2. The van der Waals surface area contributed by atoms with E-state index in [4.69, 9.17) is 11.5 Å². The van der Waals surface area contributed by atoms with E-state index in [1.165, 1.54) is 16.7 Å². The lowest BCUT2D eigenvalue weighted by Gasteiger charge is -2.14. The van der Waals surface area contributed by atoms with Crippen molar-refractivity contribution < 1.29 is 0 Å². The fourth-order valence-corrected chi connectivity index (χ4v) is 1.65. The van der Waals surface area contributed by atoms with E-state index in [9.17, 15) is 0 Å². The smallest absolute Gasteiger partial charge is 0.0298 e. The molecule has 4 N–H and O–H groups in total. The molecule has 1 atom stereocenters. The predicted octanol–water partition coefficient (Wildman–Crippen LogP) is 2.04. The molecule has 14 heavy (non-hydrogen) atoms. The van der Waals surface area contributed by atoms with Crippen LogP contribution in [0.15, 0.2) is 18.2 Å². The maximum atomic E-state index is 6.10. The second-order valence-electron chi connectivity index (χ2n) is 3.90. The van der Waals surface area contributed by atoms with Crippen LogP contribution in [0.3, 0.4) is 0 Å². The van der Waals surface area contributed by atoms with Crippen molar-refractivity contribution in [3.63, 3.8) is 0 Å². The minimum atomic E-state index is 0.137. The monoisotopic (exact) mass is 192 g/mol. The van der Waals surface area contributed by atoms with Gasteiger partial charge in [-0.3, -0.25) is 0 Å². The van der Waals surface area contributed by atoms with Gasteiger partial charge < -0.3 is 11.5 Å². The maximum Gasteiger partial charge on any atom is 0.0298 e. The zero-order valence-corrected chi connectivity index (χ0v) is 9.09. The number of benzene rings is 1. The topological polar surface area (TPSA) is 52.0 Å². The predicted molar refractivity (Wildman–Crippen MR) is 61.1 cm³/mol. The Morgan fingerprint density at radius 2 is 2.00 bits per heavy atom. The highest BCUT2D eigenvalue weighted by Gasteiger charge is 2.08. The van der Waals surface area contributed by atoms with E-state index >= 15 is 0 Å². The molecule has 0 spiro atoms. The average molecular weight is 192 g/mol. The zero-order valence-electron chi connectivity index (χ0n) is 9.09. The Balaban J connectivity index is 2.77. The molecule has 0 radical (unpaired) electrons. The van der Waals surface area contributed by atoms with Crippen molar-refractivity contribution >= 4 is 0 Å². The van der Waals surface area contributed by atoms with Gasteiger partial charge in [0.1, 0.15) is 0 Å². The number of hydrogen-bond donors (Lipinski definition) is 2. The molecule has 0 saturated carbocycles. The van der Waals surface area contributed by atoms with Crippen LogP contribution in [0.2, 0.25) is 0 Å². The molecule has 0 heterocycles. The lowest BCUT2D eigenvalue weighted by molar-refractivity contribution is 0.615. The number of rotatable bonds is 4. The van der Waals surface area contributed by atoms with Gasteiger partial charge in [0.15, 0.2) is 0 Å². The summed E-state index contributed by atoms with van der Waals surface area (Å²) in [6, 6.07) is 6.57. The Bertz CT molecular complexity index is 294. The van der Waals surface area contributed by atoms with Crippen LogP contribution in [0.5, 0.6) is 0 Å². The Kier molecular flexibility index (Phi) is 4.11. The maximum absolute atomic E-state index is 6.10. The Labute approximate surface area is 86.3 Å². The van der Waals surface area contributed by atoms with Crippen LogP contribution in [-0.2, 0) is 0 Å². The van der Waals surface area contributed by atoms with Gasteiger partial charge in [-0.1, -0.05) is 23.8 Å². The SMILES string of the molecule is Cc1ccc(C)c([C@H](N)CCCN)c1. The molecule has 78 valence electrons. The molecular formula is C12H20N2. The van der Waals surface area contributed by atoms with E-state index < -0.39 is 0 Å². The standard InChI is InChI=1S/C12H20N2/c1-9-5-6-10(2)11(8-9)12(14)4-3-7-13/h5-6,8,12H,3-4,7,13-14H2,1-2H3/t12-/m1/s1. The largest absolute Gasteiger partial charge is 0.330 e. The van der Waals surface area contributed by atoms with Gasteiger partial charge in [-0.05, 0) is 44.4 Å². The molecule has 0 fully saturated rings. The first-order valence-corrected chi connectivity index (χ1v) is 5.18. The Hall–Kier alpha value is -0.860. The van der Waals surface area contributed by atoms with Crippen molar-refractivity contribution in [2.75, 3.05) is 6.54 Å². The zero-order chi connectivity index (χ0) is 10.6. The van der Waals surface area contributed by atoms with E-state index in [0.29, 0.717) is 0 Å². The first-order valence-electron chi connectivity index (χ1n) is 5.18. The molecule has 0 amide bonds. The molecule has 0 aromatic heterocycles. The first kappa shape index (κ1) is 11.2. The van der Waals surface area contributed by atoms with Gasteiger partial charge in [-0.15, -0.1) is 0 Å². The minimum absolute atomic E-state index is 0.137. The summed E-state index contributed by atoms with van der Waals surface area (Å²) in [5.41, 5.74) is 15.4. The van der Waals surface area contributed by atoms with Crippen molar-refractivity contribution in [2.24, 2.45) is 11.5 Å². The van der Waals surface area contributed by atoms with Crippen molar-refractivity contribution in [2.45, 2.75) is 32.7 Å². The molecule has 0 saturated heterocycles. The molecule has 0 unspecified atom stereocenters. The summed E-state index contributed by atoms with van der Waals surface area (Å²) in [4.78, 5) is 0. The van der Waals surface area contributed by atoms with Crippen molar-refractivity contribution in [1.82, 2.24) is 0 Å². The van der Waals surface area contributed by atoms with E-state index in [1.807, 2.05) is 0 Å². The van der Waals surface area contributed by atoms with E-state index in [1.54, 1.807) is 0 Å². The molecule has 1 aromatic carbocycles. The summed E-state index contributed by atoms with van der Waals surface area (Å²) >= 11 is 0. The van der Waals surface area contributed by atoms with E-state index in [0.717, 1.165) is 19.4 Å². The van der Waals surface area contributed by atoms with Crippen LogP contribution in [0.25, 0.3) is 0 Å². The number of hydrogen-bond acceptors (Lipinski definition) is 2. The fraction of sp³-hybridized carbons (Fsp3) is 0.500. The van der Waals surface area contributed by atoms with Gasteiger partial charge in [0, 0.05) is 6.04 Å². The highest BCUT2D eigenvalue weighted by atomic mass is 14.6. The van der Waals surface area contributed by atoms with Gasteiger partial charge >= 0.3 is 0 Å². The molecular weight excluding hydrogens is 172 g/mol. The number of nitrogens with two attached hydrogens (primary N) is 2. The average Bonchev–Trinajstić information content (AvgIpc) is 2.18. The molecule has 2 heteroatoms. The summed E-state index contributed by atoms with van der Waals surface area (Å²) in [6.45, 7) is 4.92. The molecule has 0 aliphatic rings. The normalized spacial score (nSPS) is 12.9. The summed E-state index contributed by atoms with van der Waals surface area (Å²) in [6.07, 6.45) is 1.97. The van der Waals surface area contributed by atoms with E-state index in [-0.39, 0.29) is 6.04 Å². The van der Waals surface area contributed by atoms with Gasteiger partial charge in [-0.2, -0.15) is 0 Å². The molecule has 1 rings (SSSR count). The van der Waals surface area contributed by atoms with Crippen LogP contribution < -0.4 is 11.5 Å². The molecule has 2 nitrogen and oxygen atoms in total. The van der Waals surface area contributed by atoms with Crippen LogP contribution in [0.4, 0.5) is 0 Å². The molecule has 0 aliphatic heterocycles. The van der Waals surface area contributed by atoms with Crippen LogP contribution in [0, 0.1) is 13.8 Å². The Morgan fingerprint density at radius 3 is 2.64 bits per heavy atom. The van der Waals surface area contributed by atoms with Crippen LogP contribution in [-0.4, -0.2) is 6.54 Å². The third-order valence-electron chi connectivity index (χ3n) is 2.55. The summed E-state index contributed by atoms with van der Waals surface area (Å²) in [5.74, 6) is 0. The van der Waals surface area contributed by atoms with Crippen molar-refractivity contribution in [1.29, 1.82) is 0 Å². The third kappa shape index (κ3) is 2.82. The van der Waals surface area contributed by atoms with E-state index in [2.05, 4.69) is 32.0 Å². The van der Waals surface area contributed by atoms with Gasteiger partial charge in [0.25, 0.3) is 0 Å². The Morgan fingerprint density at radius 1 is 1.29 bits per heavy atom. The van der Waals surface area contributed by atoms with Gasteiger partial charge in [0.05, 0.1) is 0 Å². The summed E-state index contributed by atoms with van der Waals surface area (Å²) < 4.78 is 0. The highest BCUT2D eigenvalue weighted by Crippen LogP contribution is 2.20. The lowest BCUT2D eigenvalue weighted by Crippen LogP contribution is -2.13. The quantitative estimate of drug-likeness (QED) is 0.767. The lowest BCUT2D eigenvalue weighted by atomic mass is 9.96. The fourth-order valence-electron chi connectivity index (χ4n) is 1.65. The molecule has 0 bridgehead atoms. The summed E-state index contributed by atoms with van der Waals surface area (Å²) in [5, 5.41) is 0. The van der Waals surface area contributed by atoms with Gasteiger partial charge in [0.2, 0.25) is 0 Å². The highest BCUT2D eigenvalue weighted by molar-refractivity contribution is 5.32. The minimum Gasteiger partial charge on any atom is -0.330 e. The molecule has 1 aromatic rings. The first-order chi connectivity index (χ1) is 6.65. The second kappa shape index (κ2) is 5.13. The van der Waals surface area contributed by atoms with Crippen LogP contribution in [0.1, 0.15) is 35.6 Å². The second-order valence-corrected chi connectivity index (χ2v) is 3.90. The van der Waals surface area contributed by atoms with Crippen molar-refractivity contribution in [3.05, 3.63) is 34.9 Å². The molecule has 0 aliphatic carbocycles. The third-order valence-corrected chi connectivity index (χ3v) is 2.55.